The highest BCUT2D eigenvalue weighted by Crippen LogP contribution is 2.27. The standard InChI is InChI=1S/C23H22ClN5O3/c1-14-4-7-17(8-5-14)29-22-18(13-25-29)23(31)28(15(2)26-22)11-10-21(30)27-19-12-16(24)6-9-20(19)32-3/h4-9,12-13H,10-11H2,1-3H3,(H,27,30). The van der Waals surface area contributed by atoms with Crippen LogP contribution >= 0.6 is 11.6 Å². The number of ether oxygens (including phenoxy) is 1. The molecule has 0 saturated carbocycles. The summed E-state index contributed by atoms with van der Waals surface area (Å²) in [6.45, 7) is 3.92. The first-order valence-electron chi connectivity index (χ1n) is 10.0. The first-order valence-corrected chi connectivity index (χ1v) is 10.4. The van der Waals surface area contributed by atoms with Crippen molar-refractivity contribution in [2.24, 2.45) is 0 Å². The van der Waals surface area contributed by atoms with Crippen molar-refractivity contribution in [3.05, 3.63) is 75.4 Å². The fraction of sp³-hybridized carbons (Fsp3) is 0.217. The molecule has 0 spiro atoms. The van der Waals surface area contributed by atoms with Crippen LogP contribution in [0.3, 0.4) is 0 Å². The number of nitrogens with zero attached hydrogens (tertiary/aromatic N) is 4. The number of rotatable bonds is 6. The van der Waals surface area contributed by atoms with Gasteiger partial charge < -0.3 is 10.1 Å². The maximum Gasteiger partial charge on any atom is 0.264 e. The van der Waals surface area contributed by atoms with E-state index in [-0.39, 0.29) is 24.4 Å². The molecule has 0 atom stereocenters. The Morgan fingerprint density at radius 1 is 1.16 bits per heavy atom. The van der Waals surface area contributed by atoms with Crippen molar-refractivity contribution in [2.75, 3.05) is 12.4 Å². The number of amides is 1. The minimum atomic E-state index is -0.271. The van der Waals surface area contributed by atoms with Gasteiger partial charge in [-0.15, -0.1) is 0 Å². The van der Waals surface area contributed by atoms with Crippen molar-refractivity contribution >= 4 is 34.2 Å². The highest BCUT2D eigenvalue weighted by atomic mass is 35.5. The summed E-state index contributed by atoms with van der Waals surface area (Å²) in [5, 5.41) is 8.01. The molecule has 1 N–H and O–H groups in total. The van der Waals surface area contributed by atoms with Gasteiger partial charge in [0.25, 0.3) is 5.56 Å². The van der Waals surface area contributed by atoms with E-state index in [1.165, 1.54) is 17.9 Å². The highest BCUT2D eigenvalue weighted by Gasteiger charge is 2.15. The number of hydrogen-bond donors (Lipinski definition) is 1. The van der Waals surface area contributed by atoms with Crippen molar-refractivity contribution in [1.29, 1.82) is 0 Å². The Balaban J connectivity index is 1.56. The number of aromatic nitrogens is 4. The predicted molar refractivity (Wildman–Crippen MR) is 124 cm³/mol. The van der Waals surface area contributed by atoms with Gasteiger partial charge in [0.2, 0.25) is 5.91 Å². The fourth-order valence-electron chi connectivity index (χ4n) is 3.45. The van der Waals surface area contributed by atoms with Crippen LogP contribution in [0, 0.1) is 13.8 Å². The number of aryl methyl sites for hydroxylation is 2. The number of nitrogens with one attached hydrogen (secondary N) is 1. The molecule has 4 aromatic rings. The van der Waals surface area contributed by atoms with Gasteiger partial charge in [0, 0.05) is 18.0 Å². The molecule has 0 fully saturated rings. The van der Waals surface area contributed by atoms with Crippen LogP contribution < -0.4 is 15.6 Å². The molecule has 9 heteroatoms. The zero-order valence-electron chi connectivity index (χ0n) is 17.9. The number of hydrogen-bond acceptors (Lipinski definition) is 5. The van der Waals surface area contributed by atoms with Crippen LogP contribution in [-0.2, 0) is 11.3 Å². The molecule has 1 amide bonds. The molecule has 0 aliphatic carbocycles. The van der Waals surface area contributed by atoms with Crippen LogP contribution in [0.5, 0.6) is 5.75 Å². The lowest BCUT2D eigenvalue weighted by molar-refractivity contribution is -0.116. The van der Waals surface area contributed by atoms with Gasteiger partial charge >= 0.3 is 0 Å². The second kappa shape index (κ2) is 8.84. The first-order chi connectivity index (χ1) is 15.4. The average Bonchev–Trinajstić information content (AvgIpc) is 3.18. The zero-order chi connectivity index (χ0) is 22.8. The summed E-state index contributed by atoms with van der Waals surface area (Å²) in [6.07, 6.45) is 1.59. The van der Waals surface area contributed by atoms with E-state index in [2.05, 4.69) is 15.4 Å². The van der Waals surface area contributed by atoms with Gasteiger partial charge in [0.05, 0.1) is 24.7 Å². The molecule has 2 aromatic carbocycles. The van der Waals surface area contributed by atoms with Crippen LogP contribution in [0.1, 0.15) is 17.8 Å². The fourth-order valence-corrected chi connectivity index (χ4v) is 3.62. The van der Waals surface area contributed by atoms with Gasteiger partial charge in [0.1, 0.15) is 17.0 Å². The molecule has 0 saturated heterocycles. The van der Waals surface area contributed by atoms with E-state index in [0.717, 1.165) is 11.3 Å². The van der Waals surface area contributed by atoms with Crippen molar-refractivity contribution in [3.63, 3.8) is 0 Å². The van der Waals surface area contributed by atoms with Crippen LogP contribution in [0.15, 0.2) is 53.5 Å². The summed E-state index contributed by atoms with van der Waals surface area (Å²) in [7, 11) is 1.51. The van der Waals surface area contributed by atoms with Gasteiger partial charge in [0.15, 0.2) is 5.65 Å². The Morgan fingerprint density at radius 2 is 1.91 bits per heavy atom. The van der Waals surface area contributed by atoms with Gasteiger partial charge in [-0.3, -0.25) is 14.2 Å². The summed E-state index contributed by atoms with van der Waals surface area (Å²) in [6, 6.07) is 12.8. The maximum atomic E-state index is 13.1. The monoisotopic (exact) mass is 451 g/mol. The van der Waals surface area contributed by atoms with Crippen LogP contribution in [0.25, 0.3) is 16.7 Å². The molecule has 8 nitrogen and oxygen atoms in total. The van der Waals surface area contributed by atoms with Crippen molar-refractivity contribution < 1.29 is 9.53 Å². The molecule has 0 aliphatic rings. The molecule has 4 rings (SSSR count). The van der Waals surface area contributed by atoms with Gasteiger partial charge in [-0.1, -0.05) is 29.3 Å². The second-order valence-electron chi connectivity index (χ2n) is 7.39. The topological polar surface area (TPSA) is 91.0 Å². The summed E-state index contributed by atoms with van der Waals surface area (Å²) in [5.74, 6) is 0.736. The molecule has 32 heavy (non-hydrogen) atoms. The molecule has 0 unspecified atom stereocenters. The molecular weight excluding hydrogens is 430 g/mol. The lowest BCUT2D eigenvalue weighted by atomic mass is 10.2. The maximum absolute atomic E-state index is 13.1. The Morgan fingerprint density at radius 3 is 2.62 bits per heavy atom. The van der Waals surface area contributed by atoms with Gasteiger partial charge in [-0.25, -0.2) is 9.67 Å². The predicted octanol–water partition coefficient (Wildman–Crippen LogP) is 3.89. The highest BCUT2D eigenvalue weighted by molar-refractivity contribution is 6.31. The van der Waals surface area contributed by atoms with Crippen molar-refractivity contribution in [1.82, 2.24) is 19.3 Å². The minimum Gasteiger partial charge on any atom is -0.495 e. The van der Waals surface area contributed by atoms with Gasteiger partial charge in [-0.2, -0.15) is 5.10 Å². The van der Waals surface area contributed by atoms with E-state index >= 15 is 0 Å². The van der Waals surface area contributed by atoms with Crippen LogP contribution in [0.2, 0.25) is 5.02 Å². The molecule has 2 heterocycles. The molecule has 2 aromatic heterocycles. The Hall–Kier alpha value is -3.65. The van der Waals surface area contributed by atoms with E-state index in [0.29, 0.717) is 33.3 Å². The van der Waals surface area contributed by atoms with Crippen molar-refractivity contribution in [3.8, 4) is 11.4 Å². The van der Waals surface area contributed by atoms with E-state index in [9.17, 15) is 9.59 Å². The number of carbonyl (C=O) groups is 1. The third-order valence-electron chi connectivity index (χ3n) is 5.15. The second-order valence-corrected chi connectivity index (χ2v) is 7.82. The summed E-state index contributed by atoms with van der Waals surface area (Å²) >= 11 is 6.01. The third kappa shape index (κ3) is 4.22. The number of halogens is 1. The quantitative estimate of drug-likeness (QED) is 0.480. The summed E-state index contributed by atoms with van der Waals surface area (Å²) in [4.78, 5) is 30.2. The largest absolute Gasteiger partial charge is 0.495 e. The lowest BCUT2D eigenvalue weighted by Gasteiger charge is -2.12. The number of carbonyl (C=O) groups excluding carboxylic acids is 1. The molecule has 0 bridgehead atoms. The normalized spacial score (nSPS) is 11.0. The zero-order valence-corrected chi connectivity index (χ0v) is 18.7. The lowest BCUT2D eigenvalue weighted by Crippen LogP contribution is -2.26. The number of anilines is 1. The summed E-state index contributed by atoms with van der Waals surface area (Å²) in [5.41, 5.74) is 2.68. The van der Waals surface area contributed by atoms with E-state index in [4.69, 9.17) is 16.3 Å². The van der Waals surface area contributed by atoms with E-state index < -0.39 is 0 Å². The van der Waals surface area contributed by atoms with Gasteiger partial charge in [-0.05, 0) is 44.2 Å². The Kier molecular flexibility index (Phi) is 5.96. The number of fused-ring (bicyclic) bond motifs is 1. The molecule has 0 radical (unpaired) electrons. The SMILES string of the molecule is COc1ccc(Cl)cc1NC(=O)CCn1c(C)nc2c(cnn2-c2ccc(C)cc2)c1=O. The van der Waals surface area contributed by atoms with Crippen LogP contribution in [0.4, 0.5) is 5.69 Å². The van der Waals surface area contributed by atoms with E-state index in [1.807, 2.05) is 31.2 Å². The first kappa shape index (κ1) is 21.6. The number of benzene rings is 2. The Bertz CT molecular complexity index is 1360. The van der Waals surface area contributed by atoms with Crippen LogP contribution in [-0.4, -0.2) is 32.3 Å². The smallest absolute Gasteiger partial charge is 0.264 e. The summed E-state index contributed by atoms with van der Waals surface area (Å²) < 4.78 is 8.38. The Labute approximate surface area is 189 Å². The van der Waals surface area contributed by atoms with Crippen molar-refractivity contribution in [2.45, 2.75) is 26.8 Å². The number of methoxy groups -OCH3 is 1. The molecular formula is C23H22ClN5O3. The molecule has 0 aliphatic heterocycles. The minimum absolute atomic E-state index is 0.0791. The van der Waals surface area contributed by atoms with E-state index in [1.54, 1.807) is 29.8 Å². The molecule has 164 valence electrons. The third-order valence-corrected chi connectivity index (χ3v) is 5.39. The average molecular weight is 452 g/mol.